The zero-order valence-corrected chi connectivity index (χ0v) is 20.0. The second kappa shape index (κ2) is 10.2. The summed E-state index contributed by atoms with van der Waals surface area (Å²) in [6.07, 6.45) is 0.883. The summed E-state index contributed by atoms with van der Waals surface area (Å²) in [6, 6.07) is 25.8. The van der Waals surface area contributed by atoms with E-state index in [2.05, 4.69) is 22.4 Å². The number of nitrogens with zero attached hydrogens (tertiary/aromatic N) is 1. The van der Waals surface area contributed by atoms with Gasteiger partial charge in [-0.15, -0.1) is 0 Å². The molecule has 0 saturated heterocycles. The van der Waals surface area contributed by atoms with Crippen LogP contribution in [0.2, 0.25) is 5.02 Å². The lowest BCUT2D eigenvalue weighted by atomic mass is 9.98. The van der Waals surface area contributed by atoms with Crippen LogP contribution in [0.5, 0.6) is 0 Å². The molecule has 1 aliphatic rings. The first kappa shape index (κ1) is 23.6. The highest BCUT2D eigenvalue weighted by Gasteiger charge is 2.29. The first-order chi connectivity index (χ1) is 17.5. The van der Waals surface area contributed by atoms with Crippen molar-refractivity contribution in [3.63, 3.8) is 0 Å². The molecule has 7 heteroatoms. The van der Waals surface area contributed by atoms with Crippen LogP contribution < -0.4 is 5.32 Å². The van der Waals surface area contributed by atoms with Gasteiger partial charge >= 0.3 is 12.1 Å². The number of carboxylic acids is 1. The van der Waals surface area contributed by atoms with Gasteiger partial charge in [0.15, 0.2) is 0 Å². The molecule has 1 aliphatic carbocycles. The van der Waals surface area contributed by atoms with Crippen molar-refractivity contribution in [2.45, 2.75) is 18.4 Å². The molecule has 0 aliphatic heterocycles. The molecule has 180 valence electrons. The van der Waals surface area contributed by atoms with Gasteiger partial charge in [0.05, 0.1) is 5.69 Å². The molecule has 0 bridgehead atoms. The lowest BCUT2D eigenvalue weighted by molar-refractivity contribution is -0.139. The minimum Gasteiger partial charge on any atom is -0.480 e. The third kappa shape index (κ3) is 4.81. The summed E-state index contributed by atoms with van der Waals surface area (Å²) in [5.41, 5.74) is 6.56. The van der Waals surface area contributed by atoms with E-state index in [1.165, 1.54) is 0 Å². The van der Waals surface area contributed by atoms with E-state index in [0.29, 0.717) is 16.3 Å². The Morgan fingerprint density at radius 3 is 2.08 bits per heavy atom. The number of nitrogens with one attached hydrogen (secondary N) is 1. The smallest absolute Gasteiger partial charge is 0.407 e. The summed E-state index contributed by atoms with van der Waals surface area (Å²) in [5, 5.41) is 12.7. The molecule has 1 atom stereocenters. The van der Waals surface area contributed by atoms with Crippen molar-refractivity contribution < 1.29 is 19.4 Å². The van der Waals surface area contributed by atoms with Crippen LogP contribution in [0.3, 0.4) is 0 Å². The SMILES string of the molecule is O=C(N[C@@H](Cc1ccc(-c2ccccc2Cl)nc1)C(=O)O)OCC1c2ccccc2-c2ccccc21. The number of carboxylic acid groups (broad SMARTS) is 1. The first-order valence-electron chi connectivity index (χ1n) is 11.6. The van der Waals surface area contributed by atoms with E-state index < -0.39 is 18.1 Å². The summed E-state index contributed by atoms with van der Waals surface area (Å²) in [5.74, 6) is -1.26. The number of carbonyl (C=O) groups is 2. The van der Waals surface area contributed by atoms with E-state index in [4.69, 9.17) is 16.3 Å². The minimum absolute atomic E-state index is 0.0648. The number of aliphatic carboxylic acids is 1. The highest BCUT2D eigenvalue weighted by Crippen LogP contribution is 2.44. The topological polar surface area (TPSA) is 88.5 Å². The van der Waals surface area contributed by atoms with Gasteiger partial charge in [0, 0.05) is 29.1 Å². The molecule has 2 N–H and O–H groups in total. The number of hydrogen-bond acceptors (Lipinski definition) is 4. The van der Waals surface area contributed by atoms with E-state index in [1.54, 1.807) is 24.4 Å². The summed E-state index contributed by atoms with van der Waals surface area (Å²) in [7, 11) is 0. The van der Waals surface area contributed by atoms with Crippen molar-refractivity contribution in [2.24, 2.45) is 0 Å². The number of rotatable bonds is 7. The number of benzene rings is 3. The maximum absolute atomic E-state index is 12.6. The van der Waals surface area contributed by atoms with Crippen molar-refractivity contribution in [3.05, 3.63) is 113 Å². The van der Waals surface area contributed by atoms with Crippen LogP contribution in [0.15, 0.2) is 91.1 Å². The van der Waals surface area contributed by atoms with Gasteiger partial charge in [0.2, 0.25) is 0 Å². The van der Waals surface area contributed by atoms with Crippen LogP contribution in [0.4, 0.5) is 4.79 Å². The van der Waals surface area contributed by atoms with Gasteiger partial charge in [0.25, 0.3) is 0 Å². The van der Waals surface area contributed by atoms with E-state index >= 15 is 0 Å². The van der Waals surface area contributed by atoms with Crippen LogP contribution in [-0.4, -0.2) is 34.8 Å². The van der Waals surface area contributed by atoms with Gasteiger partial charge in [0.1, 0.15) is 12.6 Å². The molecule has 1 aromatic heterocycles. The van der Waals surface area contributed by atoms with Crippen molar-refractivity contribution in [3.8, 4) is 22.4 Å². The predicted molar refractivity (Wildman–Crippen MR) is 138 cm³/mol. The lowest BCUT2D eigenvalue weighted by Crippen LogP contribution is -2.42. The standard InChI is InChI=1S/C29H23ClN2O4/c30-25-12-6-5-11-23(25)26-14-13-18(16-31-26)15-27(28(33)34)32-29(35)36-17-24-21-9-3-1-7-19(21)20-8-2-4-10-22(20)24/h1-14,16,24,27H,15,17H2,(H,32,35)(H,33,34)/t27-/m0/s1. The van der Waals surface area contributed by atoms with Crippen LogP contribution in [-0.2, 0) is 16.0 Å². The summed E-state index contributed by atoms with van der Waals surface area (Å²) in [6.45, 7) is 0.111. The molecule has 1 heterocycles. The molecule has 0 unspecified atom stereocenters. The molecule has 1 amide bonds. The van der Waals surface area contributed by atoms with Crippen molar-refractivity contribution >= 4 is 23.7 Å². The Balaban J connectivity index is 1.23. The monoisotopic (exact) mass is 498 g/mol. The Morgan fingerprint density at radius 1 is 0.889 bits per heavy atom. The van der Waals surface area contributed by atoms with E-state index in [-0.39, 0.29) is 18.9 Å². The molecule has 4 aromatic rings. The number of ether oxygens (including phenoxy) is 1. The minimum atomic E-state index is -1.16. The zero-order chi connectivity index (χ0) is 25.1. The van der Waals surface area contributed by atoms with Gasteiger partial charge in [-0.1, -0.05) is 84.4 Å². The quantitative estimate of drug-likeness (QED) is 0.329. The molecule has 0 radical (unpaired) electrons. The van der Waals surface area contributed by atoms with Gasteiger partial charge in [-0.2, -0.15) is 0 Å². The van der Waals surface area contributed by atoms with Gasteiger partial charge in [-0.3, -0.25) is 4.98 Å². The highest BCUT2D eigenvalue weighted by atomic mass is 35.5. The molecule has 0 saturated carbocycles. The molecular formula is C29H23ClN2O4. The Labute approximate surface area is 213 Å². The molecule has 3 aromatic carbocycles. The maximum Gasteiger partial charge on any atom is 0.407 e. The average molecular weight is 499 g/mol. The lowest BCUT2D eigenvalue weighted by Gasteiger charge is -2.17. The van der Waals surface area contributed by atoms with Crippen LogP contribution in [0, 0.1) is 0 Å². The fourth-order valence-electron chi connectivity index (χ4n) is 4.59. The van der Waals surface area contributed by atoms with Crippen LogP contribution in [0.1, 0.15) is 22.6 Å². The van der Waals surface area contributed by atoms with Crippen molar-refractivity contribution in [1.82, 2.24) is 10.3 Å². The number of pyridine rings is 1. The Bertz CT molecular complexity index is 1380. The number of alkyl carbamates (subject to hydrolysis) is 1. The number of halogens is 1. The van der Waals surface area contributed by atoms with Crippen LogP contribution in [0.25, 0.3) is 22.4 Å². The van der Waals surface area contributed by atoms with Gasteiger partial charge in [-0.25, -0.2) is 9.59 Å². The van der Waals surface area contributed by atoms with E-state index in [1.807, 2.05) is 54.6 Å². The van der Waals surface area contributed by atoms with Crippen molar-refractivity contribution in [2.75, 3.05) is 6.61 Å². The predicted octanol–water partition coefficient (Wildman–Crippen LogP) is 5.94. The number of carbonyl (C=O) groups excluding carboxylic acids is 1. The normalized spacial score (nSPS) is 12.9. The summed E-state index contributed by atoms with van der Waals surface area (Å²) < 4.78 is 5.50. The van der Waals surface area contributed by atoms with E-state index in [9.17, 15) is 14.7 Å². The largest absolute Gasteiger partial charge is 0.480 e. The third-order valence-electron chi connectivity index (χ3n) is 6.35. The van der Waals surface area contributed by atoms with Crippen molar-refractivity contribution in [1.29, 1.82) is 0 Å². The number of aromatic nitrogens is 1. The first-order valence-corrected chi connectivity index (χ1v) is 11.9. The van der Waals surface area contributed by atoms with Gasteiger partial charge < -0.3 is 15.2 Å². The molecule has 36 heavy (non-hydrogen) atoms. The fraction of sp³-hybridized carbons (Fsp3) is 0.138. The molecular weight excluding hydrogens is 476 g/mol. The Morgan fingerprint density at radius 2 is 1.50 bits per heavy atom. The molecule has 5 rings (SSSR count). The zero-order valence-electron chi connectivity index (χ0n) is 19.2. The summed E-state index contributed by atoms with van der Waals surface area (Å²) >= 11 is 6.24. The highest BCUT2D eigenvalue weighted by molar-refractivity contribution is 6.33. The number of fused-ring (bicyclic) bond motifs is 3. The molecule has 0 fully saturated rings. The Hall–Kier alpha value is -4.16. The number of amides is 1. The van der Waals surface area contributed by atoms with E-state index in [0.717, 1.165) is 27.8 Å². The molecule has 6 nitrogen and oxygen atoms in total. The average Bonchev–Trinajstić information content (AvgIpc) is 3.21. The summed E-state index contributed by atoms with van der Waals surface area (Å²) in [4.78, 5) is 28.8. The fourth-order valence-corrected chi connectivity index (χ4v) is 4.82. The Kier molecular flexibility index (Phi) is 6.69. The van der Waals surface area contributed by atoms with Crippen LogP contribution >= 0.6 is 11.6 Å². The second-order valence-electron chi connectivity index (χ2n) is 8.60. The maximum atomic E-state index is 12.6. The third-order valence-corrected chi connectivity index (χ3v) is 6.68. The molecule has 0 spiro atoms. The van der Waals surface area contributed by atoms with Gasteiger partial charge in [-0.05, 0) is 39.9 Å². The second-order valence-corrected chi connectivity index (χ2v) is 9.00. The number of hydrogen-bond donors (Lipinski definition) is 2.